The number of alkyl halides is 3. The first-order valence-corrected chi connectivity index (χ1v) is 8.70. The number of benzene rings is 2. The lowest BCUT2D eigenvalue weighted by atomic mass is 9.76. The van der Waals surface area contributed by atoms with Crippen molar-refractivity contribution < 1.29 is 13.2 Å². The molecule has 1 aliphatic carbocycles. The monoisotopic (exact) mass is 383 g/mol. The zero-order chi connectivity index (χ0) is 17.8. The van der Waals surface area contributed by atoms with Crippen LogP contribution in [-0.4, -0.2) is 0 Å². The van der Waals surface area contributed by atoms with Gasteiger partial charge in [0.05, 0.1) is 17.3 Å². The molecule has 130 valence electrons. The third kappa shape index (κ3) is 2.81. The van der Waals surface area contributed by atoms with Crippen LogP contribution in [0.15, 0.2) is 48.6 Å². The maximum Gasteiger partial charge on any atom is 0.418 e. The van der Waals surface area contributed by atoms with Crippen LogP contribution in [0.1, 0.15) is 35.1 Å². The first-order chi connectivity index (χ1) is 11.9. The molecule has 1 heterocycles. The molecule has 2 aliphatic rings. The van der Waals surface area contributed by atoms with Gasteiger partial charge in [-0.2, -0.15) is 13.2 Å². The van der Waals surface area contributed by atoms with E-state index in [4.69, 9.17) is 23.2 Å². The molecule has 0 fully saturated rings. The number of hydrogen-bond acceptors (Lipinski definition) is 1. The summed E-state index contributed by atoms with van der Waals surface area (Å²) in [4.78, 5) is 0. The van der Waals surface area contributed by atoms with E-state index in [-0.39, 0.29) is 23.6 Å². The van der Waals surface area contributed by atoms with Crippen LogP contribution < -0.4 is 5.32 Å². The summed E-state index contributed by atoms with van der Waals surface area (Å²) in [5.41, 5.74) is 0.972. The summed E-state index contributed by atoms with van der Waals surface area (Å²) in [6.07, 6.45) is 0.406. The maximum atomic E-state index is 13.5. The maximum absolute atomic E-state index is 13.5. The average molecular weight is 384 g/mol. The van der Waals surface area contributed by atoms with Gasteiger partial charge < -0.3 is 5.32 Å². The number of halogens is 5. The Morgan fingerprint density at radius 3 is 2.56 bits per heavy atom. The largest absolute Gasteiger partial charge is 0.418 e. The Kier molecular flexibility index (Phi) is 4.00. The predicted molar refractivity (Wildman–Crippen MR) is 94.3 cm³/mol. The summed E-state index contributed by atoms with van der Waals surface area (Å²) < 4.78 is 40.4. The molecule has 1 N–H and O–H groups in total. The number of fused-ring (bicyclic) bond motifs is 3. The van der Waals surface area contributed by atoms with Crippen LogP contribution in [0.25, 0.3) is 0 Å². The molecule has 2 aromatic carbocycles. The van der Waals surface area contributed by atoms with Crippen molar-refractivity contribution in [3.05, 3.63) is 75.3 Å². The summed E-state index contributed by atoms with van der Waals surface area (Å²) in [5, 5.41) is 4.10. The van der Waals surface area contributed by atoms with Crippen molar-refractivity contribution in [2.24, 2.45) is 5.92 Å². The van der Waals surface area contributed by atoms with E-state index in [0.717, 1.165) is 18.1 Å². The van der Waals surface area contributed by atoms with E-state index in [1.54, 1.807) is 24.3 Å². The molecule has 25 heavy (non-hydrogen) atoms. The first-order valence-electron chi connectivity index (χ1n) is 7.94. The molecule has 0 amide bonds. The number of rotatable bonds is 1. The normalized spacial score (nSPS) is 24.6. The van der Waals surface area contributed by atoms with Crippen LogP contribution >= 0.6 is 23.2 Å². The SMILES string of the molecule is FC(F)(F)c1cccc2c1N[C@H](c1ccc(Cl)cc1Cl)C1CC=CC21. The molecular formula is C19H14Cl2F3N. The second kappa shape index (κ2) is 5.96. The minimum absolute atomic E-state index is 0.0599. The van der Waals surface area contributed by atoms with Gasteiger partial charge in [0.2, 0.25) is 0 Å². The fourth-order valence-electron chi connectivity index (χ4n) is 3.92. The van der Waals surface area contributed by atoms with E-state index in [9.17, 15) is 13.2 Å². The van der Waals surface area contributed by atoms with E-state index >= 15 is 0 Å². The van der Waals surface area contributed by atoms with Gasteiger partial charge >= 0.3 is 6.18 Å². The zero-order valence-corrected chi connectivity index (χ0v) is 14.5. The molecule has 6 heteroatoms. The van der Waals surface area contributed by atoms with Crippen molar-refractivity contribution in [3.8, 4) is 0 Å². The molecule has 2 aromatic rings. The molecule has 1 aliphatic heterocycles. The van der Waals surface area contributed by atoms with Crippen molar-refractivity contribution in [1.82, 2.24) is 0 Å². The van der Waals surface area contributed by atoms with Crippen molar-refractivity contribution >= 4 is 28.9 Å². The van der Waals surface area contributed by atoms with Gasteiger partial charge in [-0.05, 0) is 41.7 Å². The van der Waals surface area contributed by atoms with Crippen molar-refractivity contribution in [2.75, 3.05) is 5.32 Å². The van der Waals surface area contributed by atoms with Gasteiger partial charge in [-0.1, -0.05) is 53.6 Å². The van der Waals surface area contributed by atoms with Crippen molar-refractivity contribution in [1.29, 1.82) is 0 Å². The molecule has 3 atom stereocenters. The molecular weight excluding hydrogens is 370 g/mol. The van der Waals surface area contributed by atoms with Gasteiger partial charge in [-0.25, -0.2) is 0 Å². The molecule has 4 rings (SSSR count). The van der Waals surface area contributed by atoms with Gasteiger partial charge in [0.25, 0.3) is 0 Å². The first kappa shape index (κ1) is 16.8. The summed E-state index contributed by atoms with van der Waals surface area (Å²) in [6.45, 7) is 0. The Labute approximate surface area is 153 Å². The van der Waals surface area contributed by atoms with Crippen molar-refractivity contribution in [3.63, 3.8) is 0 Å². The topological polar surface area (TPSA) is 12.0 Å². The fraction of sp³-hybridized carbons (Fsp3) is 0.263. The van der Waals surface area contributed by atoms with Crippen LogP contribution in [0.5, 0.6) is 0 Å². The second-order valence-electron chi connectivity index (χ2n) is 6.41. The lowest BCUT2D eigenvalue weighted by Gasteiger charge is -2.39. The van der Waals surface area contributed by atoms with Gasteiger partial charge in [0, 0.05) is 16.0 Å². The number of hydrogen-bond donors (Lipinski definition) is 1. The quantitative estimate of drug-likeness (QED) is 0.531. The number of para-hydroxylation sites is 1. The van der Waals surface area contributed by atoms with Crippen LogP contribution in [-0.2, 0) is 6.18 Å². The molecule has 0 bridgehead atoms. The number of allylic oxidation sites excluding steroid dienone is 2. The smallest absolute Gasteiger partial charge is 0.377 e. The van der Waals surface area contributed by atoms with Gasteiger partial charge in [-0.15, -0.1) is 0 Å². The lowest BCUT2D eigenvalue weighted by molar-refractivity contribution is -0.137. The minimum Gasteiger partial charge on any atom is -0.377 e. The van der Waals surface area contributed by atoms with Crippen LogP contribution in [0, 0.1) is 5.92 Å². The highest BCUT2D eigenvalue weighted by atomic mass is 35.5. The highest BCUT2D eigenvalue weighted by molar-refractivity contribution is 6.35. The molecule has 0 saturated carbocycles. The van der Waals surface area contributed by atoms with Crippen LogP contribution in [0.4, 0.5) is 18.9 Å². The molecule has 0 aromatic heterocycles. The van der Waals surface area contributed by atoms with Crippen molar-refractivity contribution in [2.45, 2.75) is 24.6 Å². The minimum atomic E-state index is -4.41. The Balaban J connectivity index is 1.86. The van der Waals surface area contributed by atoms with Gasteiger partial charge in [0.15, 0.2) is 0 Å². The Morgan fingerprint density at radius 1 is 1.04 bits per heavy atom. The molecule has 0 radical (unpaired) electrons. The molecule has 0 saturated heterocycles. The third-order valence-corrected chi connectivity index (χ3v) is 5.56. The standard InChI is InChI=1S/C19H14Cl2F3N/c20-10-7-8-14(16(21)9-10)17-12-4-1-3-11(12)13-5-2-6-15(18(13)25-17)19(22,23)24/h1-3,5-9,11-12,17,25H,4H2/t11?,12?,17-/m0/s1. The summed E-state index contributed by atoms with van der Waals surface area (Å²) in [7, 11) is 0. The zero-order valence-electron chi connectivity index (χ0n) is 12.9. The molecule has 0 spiro atoms. The van der Waals surface area contributed by atoms with E-state index in [1.807, 2.05) is 12.2 Å². The molecule has 1 nitrogen and oxygen atoms in total. The Bertz CT molecular complexity index is 860. The van der Waals surface area contributed by atoms with Crippen LogP contribution in [0.2, 0.25) is 10.0 Å². The highest BCUT2D eigenvalue weighted by Crippen LogP contribution is 2.53. The Hall–Kier alpha value is -1.65. The predicted octanol–water partition coefficient (Wildman–Crippen LogP) is 6.84. The third-order valence-electron chi connectivity index (χ3n) is 5.00. The number of anilines is 1. The van der Waals surface area contributed by atoms with E-state index in [1.165, 1.54) is 6.07 Å². The van der Waals surface area contributed by atoms with E-state index < -0.39 is 11.7 Å². The fourth-order valence-corrected chi connectivity index (χ4v) is 4.45. The van der Waals surface area contributed by atoms with E-state index in [0.29, 0.717) is 15.6 Å². The van der Waals surface area contributed by atoms with E-state index in [2.05, 4.69) is 5.32 Å². The highest BCUT2D eigenvalue weighted by Gasteiger charge is 2.43. The molecule has 2 unspecified atom stereocenters. The second-order valence-corrected chi connectivity index (χ2v) is 7.25. The summed E-state index contributed by atoms with van der Waals surface area (Å²) >= 11 is 12.3. The Morgan fingerprint density at radius 2 is 1.84 bits per heavy atom. The van der Waals surface area contributed by atoms with Gasteiger partial charge in [0.1, 0.15) is 0 Å². The number of nitrogens with one attached hydrogen (secondary N) is 1. The lowest BCUT2D eigenvalue weighted by Crippen LogP contribution is -2.31. The summed E-state index contributed by atoms with van der Waals surface area (Å²) in [5.74, 6) is 0.0601. The summed E-state index contributed by atoms with van der Waals surface area (Å²) in [6, 6.07) is 9.19. The average Bonchev–Trinajstić information content (AvgIpc) is 3.03. The van der Waals surface area contributed by atoms with Crippen LogP contribution in [0.3, 0.4) is 0 Å². The van der Waals surface area contributed by atoms with Gasteiger partial charge in [-0.3, -0.25) is 0 Å².